The van der Waals surface area contributed by atoms with Gasteiger partial charge in [0.25, 0.3) is 0 Å². The molecule has 5 heavy (non-hydrogen) atoms. The Kier molecular flexibility index (Phi) is 237. The Morgan fingerprint density at radius 2 is 1.00 bits per heavy atom. The van der Waals surface area contributed by atoms with Gasteiger partial charge in [-0.3, -0.25) is 0 Å². The van der Waals surface area contributed by atoms with E-state index in [0.29, 0.717) is 0 Å². The van der Waals surface area contributed by atoms with Gasteiger partial charge in [-0.25, -0.2) is 0 Å². The quantitative estimate of drug-likeness (QED) is 0.412. The maximum Gasteiger partial charge on any atom is 0 e. The first-order valence-electron chi connectivity index (χ1n) is 0. The standard InChI is InChI=1S/B.Ca.Mg.H2S.Zn/h;;;1H2;. The summed E-state index contributed by atoms with van der Waals surface area (Å²) in [4.78, 5) is 0. The average Bonchev–Trinajstić information content (AvgIpc) is 0. The fourth-order valence-electron chi connectivity index (χ4n) is 0. The van der Waals surface area contributed by atoms with Gasteiger partial charge in [-0.05, 0) is 0 Å². The van der Waals surface area contributed by atoms with E-state index in [-0.39, 0.29) is 102 Å². The SMILES string of the molecule is S.[B].[Ca].[Mg].[Zn]. The molecular formula is H2BCaMgSZn. The van der Waals surface area contributed by atoms with Crippen LogP contribution in [0.5, 0.6) is 0 Å². The first kappa shape index (κ1) is 42.9. The molecule has 0 aromatic carbocycles. The summed E-state index contributed by atoms with van der Waals surface area (Å²) in [5, 5.41) is 0. The molecule has 5 heteroatoms. The average molecular weight is 175 g/mol. The van der Waals surface area contributed by atoms with Crippen molar-refractivity contribution < 1.29 is 19.5 Å². The fraction of sp³-hybridized carbons (Fsp3) is 0. The fourth-order valence-corrected chi connectivity index (χ4v) is 0. The third-order valence-corrected chi connectivity index (χ3v) is 0. The van der Waals surface area contributed by atoms with Crippen molar-refractivity contribution in [2.24, 2.45) is 0 Å². The molecule has 0 aliphatic heterocycles. The van der Waals surface area contributed by atoms with E-state index in [1.165, 1.54) is 0 Å². The Morgan fingerprint density at radius 1 is 1.00 bits per heavy atom. The Balaban J connectivity index is 0. The van der Waals surface area contributed by atoms with Crippen molar-refractivity contribution in [1.29, 1.82) is 0 Å². The second-order valence-electron chi connectivity index (χ2n) is 0. The van der Waals surface area contributed by atoms with Crippen molar-refractivity contribution >= 4 is 82.7 Å². The monoisotopic (exact) mass is 173 g/mol. The largest absolute Gasteiger partial charge is 0.197 e. The third kappa shape index (κ3) is 19.3. The van der Waals surface area contributed by atoms with E-state index < -0.39 is 0 Å². The number of hydrogen-bond donors (Lipinski definition) is 0. The van der Waals surface area contributed by atoms with Crippen LogP contribution in [0.2, 0.25) is 0 Å². The van der Waals surface area contributed by atoms with Crippen LogP contribution >= 0.6 is 13.5 Å². The summed E-state index contributed by atoms with van der Waals surface area (Å²) in [6, 6.07) is 0. The topological polar surface area (TPSA) is 0 Å². The molecule has 0 aromatic rings. The van der Waals surface area contributed by atoms with Crippen LogP contribution in [0.1, 0.15) is 0 Å². The van der Waals surface area contributed by atoms with E-state index in [9.17, 15) is 0 Å². The minimum Gasteiger partial charge on any atom is -0.197 e. The zero-order valence-electron chi connectivity index (χ0n) is 3.20. The summed E-state index contributed by atoms with van der Waals surface area (Å²) >= 11 is 0. The van der Waals surface area contributed by atoms with Gasteiger partial charge in [0.1, 0.15) is 0 Å². The van der Waals surface area contributed by atoms with Crippen molar-refractivity contribution in [1.82, 2.24) is 0 Å². The van der Waals surface area contributed by atoms with Crippen molar-refractivity contribution in [3.63, 3.8) is 0 Å². The Hall–Kier alpha value is 3.06. The normalized spacial score (nSPS) is 0. The summed E-state index contributed by atoms with van der Waals surface area (Å²) in [6.45, 7) is 0. The molecule has 7 radical (unpaired) electrons. The molecule has 0 bridgehead atoms. The second kappa shape index (κ2) is 27.7. The predicted molar refractivity (Wildman–Crippen MR) is 27.6 cm³/mol. The first-order valence-corrected chi connectivity index (χ1v) is 0. The van der Waals surface area contributed by atoms with E-state index >= 15 is 0 Å². The molecule has 0 unspecified atom stereocenters. The first-order chi connectivity index (χ1) is 0. The molecule has 0 aromatic heterocycles. The molecule has 0 nitrogen and oxygen atoms in total. The van der Waals surface area contributed by atoms with Crippen LogP contribution < -0.4 is 0 Å². The number of rotatable bonds is 0. The van der Waals surface area contributed by atoms with E-state index in [0.717, 1.165) is 0 Å². The minimum atomic E-state index is 0. The van der Waals surface area contributed by atoms with Crippen molar-refractivity contribution in [2.75, 3.05) is 0 Å². The van der Waals surface area contributed by atoms with Gasteiger partial charge in [0.05, 0.1) is 0 Å². The van der Waals surface area contributed by atoms with Crippen LogP contribution in [0, 0.1) is 0 Å². The molecular weight excluding hydrogens is 173 g/mol. The summed E-state index contributed by atoms with van der Waals surface area (Å²) in [7, 11) is 0. The Labute approximate surface area is 100 Å². The van der Waals surface area contributed by atoms with E-state index in [4.69, 9.17) is 0 Å². The molecule has 17 valence electrons. The summed E-state index contributed by atoms with van der Waals surface area (Å²) in [5.41, 5.74) is 0. The van der Waals surface area contributed by atoms with Crippen molar-refractivity contribution in [3.05, 3.63) is 0 Å². The Morgan fingerprint density at radius 3 is 1.00 bits per heavy atom. The van der Waals surface area contributed by atoms with Gasteiger partial charge in [0, 0.05) is 88.7 Å². The van der Waals surface area contributed by atoms with Gasteiger partial charge in [-0.2, -0.15) is 13.5 Å². The van der Waals surface area contributed by atoms with Crippen LogP contribution in [-0.2, 0) is 19.5 Å². The van der Waals surface area contributed by atoms with Gasteiger partial charge >= 0.3 is 0 Å². The molecule has 0 fully saturated rings. The van der Waals surface area contributed by atoms with Gasteiger partial charge in [-0.1, -0.05) is 0 Å². The predicted octanol–water partition coefficient (Wildman–Crippen LogP) is -1.03. The summed E-state index contributed by atoms with van der Waals surface area (Å²) in [6.07, 6.45) is 0. The summed E-state index contributed by atoms with van der Waals surface area (Å²) in [5.74, 6) is 0. The molecule has 0 N–H and O–H groups in total. The van der Waals surface area contributed by atoms with Gasteiger partial charge in [-0.15, -0.1) is 0 Å². The molecule has 0 spiro atoms. The summed E-state index contributed by atoms with van der Waals surface area (Å²) < 4.78 is 0. The third-order valence-electron chi connectivity index (χ3n) is 0. The van der Waals surface area contributed by atoms with Crippen LogP contribution in [0.15, 0.2) is 0 Å². The van der Waals surface area contributed by atoms with Crippen LogP contribution in [0.25, 0.3) is 0 Å². The van der Waals surface area contributed by atoms with Gasteiger partial charge < -0.3 is 0 Å². The molecule has 0 saturated heterocycles. The van der Waals surface area contributed by atoms with E-state index in [1.54, 1.807) is 0 Å². The zero-order chi connectivity index (χ0) is 0. The van der Waals surface area contributed by atoms with Crippen LogP contribution in [0.3, 0.4) is 0 Å². The smallest absolute Gasteiger partial charge is 0 e. The molecule has 0 amide bonds. The molecule has 0 aliphatic rings. The van der Waals surface area contributed by atoms with Crippen molar-refractivity contribution in [3.8, 4) is 0 Å². The van der Waals surface area contributed by atoms with Crippen LogP contribution in [-0.4, -0.2) is 69.2 Å². The van der Waals surface area contributed by atoms with E-state index in [1.807, 2.05) is 0 Å². The second-order valence-corrected chi connectivity index (χ2v) is 0. The van der Waals surface area contributed by atoms with Crippen molar-refractivity contribution in [2.45, 2.75) is 0 Å². The molecule has 0 aliphatic carbocycles. The molecule has 0 saturated carbocycles. The molecule has 0 atom stereocenters. The molecule has 0 rings (SSSR count). The maximum absolute atomic E-state index is 0. The number of hydrogen-bond acceptors (Lipinski definition) is 0. The zero-order valence-corrected chi connectivity index (χ0v) is 10.8. The molecule has 0 heterocycles. The Bertz CT molecular complexity index is 11.6. The minimum absolute atomic E-state index is 0. The van der Waals surface area contributed by atoms with Gasteiger partial charge in [0.15, 0.2) is 0 Å². The van der Waals surface area contributed by atoms with Gasteiger partial charge in [0.2, 0.25) is 0 Å². The van der Waals surface area contributed by atoms with E-state index in [2.05, 4.69) is 0 Å². The van der Waals surface area contributed by atoms with Crippen LogP contribution in [0.4, 0.5) is 0 Å². The maximum atomic E-state index is 0.